The van der Waals surface area contributed by atoms with Crippen LogP contribution in [0.2, 0.25) is 0 Å². The Bertz CT molecular complexity index is 152. The van der Waals surface area contributed by atoms with Gasteiger partial charge in [-0.2, -0.15) is 0 Å². The summed E-state index contributed by atoms with van der Waals surface area (Å²) in [4.78, 5) is 2.65. The summed E-state index contributed by atoms with van der Waals surface area (Å²) in [5.41, 5.74) is 0. The summed E-state index contributed by atoms with van der Waals surface area (Å²) < 4.78 is 1.31. The van der Waals surface area contributed by atoms with E-state index >= 15 is 0 Å². The summed E-state index contributed by atoms with van der Waals surface area (Å²) in [5, 5.41) is 0. The first-order valence-corrected chi connectivity index (χ1v) is 5.76. The third-order valence-electron chi connectivity index (χ3n) is 3.90. The lowest BCUT2D eigenvalue weighted by atomic mass is 10.2. The highest BCUT2D eigenvalue weighted by Crippen LogP contribution is 2.19. The van der Waals surface area contributed by atoms with Crippen molar-refractivity contribution < 1.29 is 4.48 Å². The summed E-state index contributed by atoms with van der Waals surface area (Å²) in [6.07, 6.45) is 1.29. The maximum absolute atomic E-state index is 2.65. The third-order valence-corrected chi connectivity index (χ3v) is 3.90. The fourth-order valence-corrected chi connectivity index (χ4v) is 2.23. The fraction of sp³-hybridized carbons (Fsp3) is 1.00. The van der Waals surface area contributed by atoms with Gasteiger partial charge < -0.3 is 4.48 Å². The van der Waals surface area contributed by atoms with E-state index in [0.29, 0.717) is 0 Å². The summed E-state index contributed by atoms with van der Waals surface area (Å²) >= 11 is 0. The minimum atomic E-state index is 0.776. The molecule has 1 aliphatic rings. The van der Waals surface area contributed by atoms with E-state index in [1.807, 2.05) is 0 Å². The van der Waals surface area contributed by atoms with Crippen molar-refractivity contribution >= 4 is 0 Å². The average molecular weight is 185 g/mol. The predicted molar refractivity (Wildman–Crippen MR) is 57.5 cm³/mol. The quantitative estimate of drug-likeness (QED) is 0.605. The Hall–Kier alpha value is -0.0800. The lowest BCUT2D eigenvalue weighted by Crippen LogP contribution is -2.47. The number of hydrogen-bond donors (Lipinski definition) is 0. The molecule has 0 bridgehead atoms. The van der Waals surface area contributed by atoms with E-state index < -0.39 is 0 Å². The minimum absolute atomic E-state index is 0.776. The monoisotopic (exact) mass is 185 g/mol. The maximum atomic E-state index is 2.65. The average Bonchev–Trinajstić information content (AvgIpc) is 2.61. The van der Waals surface area contributed by atoms with E-state index in [0.717, 1.165) is 6.04 Å². The predicted octanol–water partition coefficient (Wildman–Crippen LogP) is 1.91. The first-order valence-electron chi connectivity index (χ1n) is 5.76. The summed E-state index contributed by atoms with van der Waals surface area (Å²) in [6, 6.07) is 0.776. The molecule has 0 aromatic carbocycles. The Morgan fingerprint density at radius 3 is 2.23 bits per heavy atom. The molecule has 1 unspecified atom stereocenters. The molecule has 0 spiro atoms. The highest BCUT2D eigenvalue weighted by atomic mass is 15.5. The number of likely N-dealkylation sites (N-methyl/N-ethyl adjacent to an activating group) is 1. The smallest absolute Gasteiger partial charge is 0.135 e. The molecule has 78 valence electrons. The van der Waals surface area contributed by atoms with Crippen LogP contribution in [0.15, 0.2) is 0 Å². The van der Waals surface area contributed by atoms with Gasteiger partial charge in [-0.1, -0.05) is 6.92 Å². The van der Waals surface area contributed by atoms with Gasteiger partial charge in [0.25, 0.3) is 0 Å². The SMILES string of the molecule is CCC(C)N1CC[N+](CC)(CC)C1. The van der Waals surface area contributed by atoms with Crippen LogP contribution in [-0.2, 0) is 0 Å². The van der Waals surface area contributed by atoms with Crippen LogP contribution in [0.25, 0.3) is 0 Å². The second kappa shape index (κ2) is 4.43. The maximum Gasteiger partial charge on any atom is 0.135 e. The highest BCUT2D eigenvalue weighted by molar-refractivity contribution is 4.67. The first-order chi connectivity index (χ1) is 6.17. The van der Waals surface area contributed by atoms with Crippen LogP contribution >= 0.6 is 0 Å². The first kappa shape index (κ1) is 11.0. The zero-order valence-electron chi connectivity index (χ0n) is 9.71. The van der Waals surface area contributed by atoms with Gasteiger partial charge in [0.1, 0.15) is 6.67 Å². The number of quaternary nitrogens is 1. The number of nitrogens with zero attached hydrogens (tertiary/aromatic N) is 2. The van der Waals surface area contributed by atoms with E-state index in [4.69, 9.17) is 0 Å². The van der Waals surface area contributed by atoms with Crippen LogP contribution in [0, 0.1) is 0 Å². The van der Waals surface area contributed by atoms with Crippen LogP contribution in [0.4, 0.5) is 0 Å². The van der Waals surface area contributed by atoms with E-state index in [2.05, 4.69) is 32.6 Å². The van der Waals surface area contributed by atoms with Crippen molar-refractivity contribution in [2.45, 2.75) is 40.2 Å². The van der Waals surface area contributed by atoms with Crippen molar-refractivity contribution in [3.63, 3.8) is 0 Å². The van der Waals surface area contributed by atoms with Crippen molar-refractivity contribution in [3.8, 4) is 0 Å². The Morgan fingerprint density at radius 2 is 1.85 bits per heavy atom. The molecule has 1 aliphatic heterocycles. The molecule has 2 heteroatoms. The summed E-state index contributed by atoms with van der Waals surface area (Å²) in [6.45, 7) is 15.8. The van der Waals surface area contributed by atoms with Crippen molar-refractivity contribution in [1.29, 1.82) is 0 Å². The Kier molecular flexibility index (Phi) is 3.74. The number of hydrogen-bond acceptors (Lipinski definition) is 1. The van der Waals surface area contributed by atoms with Gasteiger partial charge >= 0.3 is 0 Å². The second-order valence-electron chi connectivity index (χ2n) is 4.41. The van der Waals surface area contributed by atoms with Gasteiger partial charge in [0.2, 0.25) is 0 Å². The molecule has 1 atom stereocenters. The molecular weight excluding hydrogens is 160 g/mol. The van der Waals surface area contributed by atoms with Crippen LogP contribution < -0.4 is 0 Å². The molecule has 0 amide bonds. The van der Waals surface area contributed by atoms with Gasteiger partial charge in [0.15, 0.2) is 0 Å². The fourth-order valence-electron chi connectivity index (χ4n) is 2.23. The van der Waals surface area contributed by atoms with Crippen LogP contribution in [0.3, 0.4) is 0 Å². The molecule has 0 radical (unpaired) electrons. The topological polar surface area (TPSA) is 3.24 Å². The van der Waals surface area contributed by atoms with Crippen LogP contribution in [0.5, 0.6) is 0 Å². The molecule has 0 aromatic rings. The summed E-state index contributed by atoms with van der Waals surface area (Å²) in [7, 11) is 0. The van der Waals surface area contributed by atoms with Gasteiger partial charge in [-0.15, -0.1) is 0 Å². The van der Waals surface area contributed by atoms with Crippen molar-refractivity contribution in [2.24, 2.45) is 0 Å². The molecule has 1 fully saturated rings. The number of rotatable bonds is 4. The van der Waals surface area contributed by atoms with Crippen molar-refractivity contribution in [1.82, 2.24) is 4.90 Å². The molecular formula is C11H25N2+. The van der Waals surface area contributed by atoms with E-state index in [-0.39, 0.29) is 0 Å². The standard InChI is InChI=1S/C11H25N2/c1-5-11(4)12-8-9-13(6-2,7-3)10-12/h11H,5-10H2,1-4H3/q+1. The van der Waals surface area contributed by atoms with Gasteiger partial charge in [-0.3, -0.25) is 0 Å². The zero-order chi connectivity index (χ0) is 9.90. The van der Waals surface area contributed by atoms with Gasteiger partial charge in [-0.25, -0.2) is 4.90 Å². The molecule has 2 nitrogen and oxygen atoms in total. The third kappa shape index (κ3) is 2.23. The lowest BCUT2D eigenvalue weighted by molar-refractivity contribution is -0.917. The molecule has 0 aromatic heterocycles. The summed E-state index contributed by atoms with van der Waals surface area (Å²) in [5.74, 6) is 0. The molecule has 1 rings (SSSR count). The highest BCUT2D eigenvalue weighted by Gasteiger charge is 2.35. The molecule has 0 aliphatic carbocycles. The van der Waals surface area contributed by atoms with E-state index in [1.54, 1.807) is 0 Å². The Morgan fingerprint density at radius 1 is 1.23 bits per heavy atom. The van der Waals surface area contributed by atoms with E-state index in [1.165, 1.54) is 43.8 Å². The normalized spacial score (nSPS) is 24.9. The molecule has 1 saturated heterocycles. The second-order valence-corrected chi connectivity index (χ2v) is 4.41. The van der Waals surface area contributed by atoms with Gasteiger partial charge in [0, 0.05) is 6.04 Å². The molecule has 13 heavy (non-hydrogen) atoms. The minimum Gasteiger partial charge on any atom is -0.310 e. The zero-order valence-corrected chi connectivity index (χ0v) is 9.71. The van der Waals surface area contributed by atoms with Crippen molar-refractivity contribution in [2.75, 3.05) is 32.8 Å². The Balaban J connectivity index is 2.51. The lowest BCUT2D eigenvalue weighted by Gasteiger charge is -2.32. The van der Waals surface area contributed by atoms with Gasteiger partial charge in [0.05, 0.1) is 26.2 Å². The molecule has 0 N–H and O–H groups in total. The van der Waals surface area contributed by atoms with E-state index in [9.17, 15) is 0 Å². The molecule has 0 saturated carbocycles. The van der Waals surface area contributed by atoms with Crippen LogP contribution in [-0.4, -0.2) is 48.3 Å². The Labute approximate surface area is 83.1 Å². The molecule has 1 heterocycles. The van der Waals surface area contributed by atoms with Crippen molar-refractivity contribution in [3.05, 3.63) is 0 Å². The van der Waals surface area contributed by atoms with Gasteiger partial charge in [-0.05, 0) is 27.2 Å². The van der Waals surface area contributed by atoms with Crippen LogP contribution in [0.1, 0.15) is 34.1 Å². The largest absolute Gasteiger partial charge is 0.310 e.